The summed E-state index contributed by atoms with van der Waals surface area (Å²) in [5, 5.41) is 6.55. The third-order valence-electron chi connectivity index (χ3n) is 5.12. The summed E-state index contributed by atoms with van der Waals surface area (Å²) in [6.07, 6.45) is 0. The van der Waals surface area contributed by atoms with Crippen LogP contribution in [0.2, 0.25) is 18.1 Å². The minimum Gasteiger partial charge on any atom is -0.416 e. The molecule has 5 heteroatoms. The molecule has 1 amide bonds. The summed E-state index contributed by atoms with van der Waals surface area (Å²) in [6, 6.07) is 17.2. The van der Waals surface area contributed by atoms with Gasteiger partial charge in [-0.05, 0) is 48.0 Å². The quantitative estimate of drug-likeness (QED) is 0.494. The summed E-state index contributed by atoms with van der Waals surface area (Å²) in [6.45, 7) is 13.6. The second-order valence-electron chi connectivity index (χ2n) is 8.30. The maximum absolute atomic E-state index is 12.3. The van der Waals surface area contributed by atoms with E-state index in [1.54, 1.807) is 0 Å². The summed E-state index contributed by atoms with van der Waals surface area (Å²) in [5.74, 6) is -0.0940. The molecule has 0 aliphatic carbocycles. The Labute approximate surface area is 164 Å². The molecule has 0 unspecified atom stereocenters. The Hall–Kier alpha value is -1.95. The van der Waals surface area contributed by atoms with E-state index in [-0.39, 0.29) is 10.9 Å². The van der Waals surface area contributed by atoms with Crippen molar-refractivity contribution in [2.75, 3.05) is 18.5 Å². The highest BCUT2D eigenvalue weighted by molar-refractivity contribution is 6.74. The summed E-state index contributed by atoms with van der Waals surface area (Å²) in [7, 11) is -1.67. The first kappa shape index (κ1) is 21.3. The van der Waals surface area contributed by atoms with Crippen molar-refractivity contribution in [1.82, 2.24) is 5.32 Å². The van der Waals surface area contributed by atoms with Crippen molar-refractivity contribution in [3.8, 4) is 0 Å². The van der Waals surface area contributed by atoms with E-state index in [9.17, 15) is 4.79 Å². The predicted octanol–water partition coefficient (Wildman–Crippen LogP) is 5.05. The number of carbonyl (C=O) groups excluding carboxylic acids is 1. The van der Waals surface area contributed by atoms with Gasteiger partial charge in [0.05, 0.1) is 0 Å². The van der Waals surface area contributed by atoms with Crippen LogP contribution in [0.15, 0.2) is 54.6 Å². The summed E-state index contributed by atoms with van der Waals surface area (Å²) in [4.78, 5) is 12.3. The van der Waals surface area contributed by atoms with E-state index in [0.717, 1.165) is 30.9 Å². The zero-order chi connectivity index (χ0) is 19.9. The van der Waals surface area contributed by atoms with Crippen molar-refractivity contribution in [2.24, 2.45) is 0 Å². The summed E-state index contributed by atoms with van der Waals surface area (Å²) >= 11 is 0. The molecule has 0 aliphatic rings. The van der Waals surface area contributed by atoms with Crippen LogP contribution in [0.4, 0.5) is 5.69 Å². The number of amides is 1. The standard InChI is InChI=1S/C22H32N2O2Si/c1-22(2,3)27(4,5)26-16-15-23-17-18-11-13-19(14-12-18)21(25)24-20-9-7-6-8-10-20/h6-14,23H,15-17H2,1-5H3,(H,24,25). The Kier molecular flexibility index (Phi) is 7.36. The molecule has 0 saturated heterocycles. The summed E-state index contributed by atoms with van der Waals surface area (Å²) < 4.78 is 6.16. The van der Waals surface area contributed by atoms with Crippen LogP contribution in [0.25, 0.3) is 0 Å². The Balaban J connectivity index is 1.75. The zero-order valence-corrected chi connectivity index (χ0v) is 18.1. The number of anilines is 1. The number of hydrogen-bond donors (Lipinski definition) is 2. The second kappa shape index (κ2) is 9.31. The van der Waals surface area contributed by atoms with Crippen molar-refractivity contribution in [2.45, 2.75) is 45.4 Å². The minimum atomic E-state index is -1.67. The van der Waals surface area contributed by atoms with Crippen LogP contribution in [-0.2, 0) is 11.0 Å². The van der Waals surface area contributed by atoms with Gasteiger partial charge in [-0.3, -0.25) is 4.79 Å². The lowest BCUT2D eigenvalue weighted by Gasteiger charge is -2.36. The molecule has 27 heavy (non-hydrogen) atoms. The SMILES string of the molecule is CC(C)(C)[Si](C)(C)OCCNCc1ccc(C(=O)Nc2ccccc2)cc1. The van der Waals surface area contributed by atoms with Gasteiger partial charge >= 0.3 is 0 Å². The number of carbonyl (C=O) groups is 1. The molecule has 0 aromatic heterocycles. The van der Waals surface area contributed by atoms with Crippen molar-refractivity contribution in [3.63, 3.8) is 0 Å². The normalized spacial score (nSPS) is 12.0. The Bertz CT molecular complexity index is 722. The molecule has 0 atom stereocenters. The molecule has 0 aliphatic heterocycles. The van der Waals surface area contributed by atoms with E-state index < -0.39 is 8.32 Å². The fourth-order valence-corrected chi connectivity index (χ4v) is 3.37. The first-order valence-electron chi connectivity index (χ1n) is 9.49. The van der Waals surface area contributed by atoms with Gasteiger partial charge in [-0.15, -0.1) is 0 Å². The molecule has 0 bridgehead atoms. The lowest BCUT2D eigenvalue weighted by atomic mass is 10.1. The zero-order valence-electron chi connectivity index (χ0n) is 17.1. The Morgan fingerprint density at radius 1 is 1.00 bits per heavy atom. The smallest absolute Gasteiger partial charge is 0.255 e. The van der Waals surface area contributed by atoms with Crippen LogP contribution in [0.5, 0.6) is 0 Å². The number of benzene rings is 2. The molecule has 2 aromatic rings. The van der Waals surface area contributed by atoms with Gasteiger partial charge in [0.2, 0.25) is 0 Å². The highest BCUT2D eigenvalue weighted by Crippen LogP contribution is 2.36. The maximum atomic E-state index is 12.3. The van der Waals surface area contributed by atoms with Gasteiger partial charge in [0, 0.05) is 30.9 Å². The van der Waals surface area contributed by atoms with Gasteiger partial charge in [0.15, 0.2) is 8.32 Å². The van der Waals surface area contributed by atoms with Crippen LogP contribution in [0.3, 0.4) is 0 Å². The third-order valence-corrected chi connectivity index (χ3v) is 9.66. The summed E-state index contributed by atoms with van der Waals surface area (Å²) in [5.41, 5.74) is 2.61. The van der Waals surface area contributed by atoms with Gasteiger partial charge in [-0.25, -0.2) is 0 Å². The minimum absolute atomic E-state index is 0.0940. The van der Waals surface area contributed by atoms with Crippen LogP contribution >= 0.6 is 0 Å². The number of hydrogen-bond acceptors (Lipinski definition) is 3. The number of nitrogens with one attached hydrogen (secondary N) is 2. The first-order valence-corrected chi connectivity index (χ1v) is 12.4. The number of para-hydroxylation sites is 1. The van der Waals surface area contributed by atoms with E-state index in [1.807, 2.05) is 54.6 Å². The third kappa shape index (κ3) is 6.61. The molecular weight excluding hydrogens is 352 g/mol. The highest BCUT2D eigenvalue weighted by atomic mass is 28.4. The van der Waals surface area contributed by atoms with Crippen molar-refractivity contribution in [1.29, 1.82) is 0 Å². The number of rotatable bonds is 8. The van der Waals surface area contributed by atoms with Crippen molar-refractivity contribution in [3.05, 3.63) is 65.7 Å². The van der Waals surface area contributed by atoms with Crippen molar-refractivity contribution >= 4 is 19.9 Å². The largest absolute Gasteiger partial charge is 0.416 e. The Morgan fingerprint density at radius 3 is 2.22 bits per heavy atom. The monoisotopic (exact) mass is 384 g/mol. The molecule has 0 fully saturated rings. The molecule has 0 spiro atoms. The average molecular weight is 385 g/mol. The average Bonchev–Trinajstić information content (AvgIpc) is 2.61. The maximum Gasteiger partial charge on any atom is 0.255 e. The topological polar surface area (TPSA) is 50.4 Å². The lowest BCUT2D eigenvalue weighted by molar-refractivity contribution is 0.102. The van der Waals surface area contributed by atoms with Gasteiger partial charge in [-0.1, -0.05) is 51.1 Å². The molecular formula is C22H32N2O2Si. The van der Waals surface area contributed by atoms with Gasteiger partial charge < -0.3 is 15.1 Å². The Morgan fingerprint density at radius 2 is 1.63 bits per heavy atom. The van der Waals surface area contributed by atoms with Crippen LogP contribution in [0.1, 0.15) is 36.7 Å². The van der Waals surface area contributed by atoms with E-state index in [4.69, 9.17) is 4.43 Å². The molecule has 2 aromatic carbocycles. The molecule has 0 saturated carbocycles. The van der Waals surface area contributed by atoms with Gasteiger partial charge in [0.1, 0.15) is 0 Å². The van der Waals surface area contributed by atoms with Gasteiger partial charge in [0.25, 0.3) is 5.91 Å². The van der Waals surface area contributed by atoms with E-state index in [2.05, 4.69) is 44.5 Å². The second-order valence-corrected chi connectivity index (χ2v) is 13.1. The highest BCUT2D eigenvalue weighted by Gasteiger charge is 2.36. The van der Waals surface area contributed by atoms with Crippen molar-refractivity contribution < 1.29 is 9.22 Å². The van der Waals surface area contributed by atoms with Crippen LogP contribution in [-0.4, -0.2) is 27.4 Å². The molecule has 0 heterocycles. The van der Waals surface area contributed by atoms with E-state index >= 15 is 0 Å². The molecule has 2 rings (SSSR count). The van der Waals surface area contributed by atoms with Crippen LogP contribution in [0, 0.1) is 0 Å². The molecule has 4 nitrogen and oxygen atoms in total. The molecule has 0 radical (unpaired) electrons. The van der Waals surface area contributed by atoms with Crippen LogP contribution < -0.4 is 10.6 Å². The predicted molar refractivity (Wildman–Crippen MR) is 116 cm³/mol. The lowest BCUT2D eigenvalue weighted by Crippen LogP contribution is -2.42. The fraction of sp³-hybridized carbons (Fsp3) is 0.409. The van der Waals surface area contributed by atoms with Gasteiger partial charge in [-0.2, -0.15) is 0 Å². The molecule has 2 N–H and O–H groups in total. The molecule has 146 valence electrons. The van der Waals surface area contributed by atoms with E-state index in [1.165, 1.54) is 0 Å². The van der Waals surface area contributed by atoms with E-state index in [0.29, 0.717) is 5.56 Å². The first-order chi connectivity index (χ1) is 12.7. The fourth-order valence-electron chi connectivity index (χ4n) is 2.33.